The third kappa shape index (κ3) is 3.60. The van der Waals surface area contributed by atoms with Crippen LogP contribution in [0.1, 0.15) is 86.1 Å². The Balaban J connectivity index is 1.85. The van der Waals surface area contributed by atoms with Crippen LogP contribution in [0, 0.1) is 0 Å². The van der Waals surface area contributed by atoms with Crippen LogP contribution in [0.4, 0.5) is 0 Å². The molecule has 0 atom stereocenters. The number of phenolic OH excluding ortho intramolecular Hbond substituents is 2. The van der Waals surface area contributed by atoms with E-state index in [1.807, 2.05) is 6.07 Å². The summed E-state index contributed by atoms with van der Waals surface area (Å²) in [5, 5.41) is 20.0. The Bertz CT molecular complexity index is 738. The topological polar surface area (TPSA) is 40.5 Å². The van der Waals surface area contributed by atoms with Crippen molar-refractivity contribution in [1.29, 1.82) is 0 Å². The average molecular weight is 353 g/mol. The number of aryl methyl sites for hydroxylation is 1. The first kappa shape index (κ1) is 18.8. The van der Waals surface area contributed by atoms with Gasteiger partial charge in [0.15, 0.2) is 0 Å². The molecule has 2 aromatic carbocycles. The van der Waals surface area contributed by atoms with Crippen LogP contribution in [0.25, 0.3) is 0 Å². The zero-order valence-electron chi connectivity index (χ0n) is 16.4. The van der Waals surface area contributed by atoms with Gasteiger partial charge in [0.25, 0.3) is 0 Å². The Morgan fingerprint density at radius 3 is 1.88 bits per heavy atom. The van der Waals surface area contributed by atoms with Gasteiger partial charge < -0.3 is 10.2 Å². The molecular formula is C24H32O2. The van der Waals surface area contributed by atoms with Crippen molar-refractivity contribution in [2.45, 2.75) is 77.6 Å². The highest BCUT2D eigenvalue weighted by Crippen LogP contribution is 2.44. The third-order valence-corrected chi connectivity index (χ3v) is 6.24. The third-order valence-electron chi connectivity index (χ3n) is 6.24. The largest absolute Gasteiger partial charge is 0.508 e. The summed E-state index contributed by atoms with van der Waals surface area (Å²) in [6.07, 6.45) is 7.69. The van der Waals surface area contributed by atoms with E-state index in [-0.39, 0.29) is 0 Å². The lowest BCUT2D eigenvalue weighted by Gasteiger charge is -2.32. The predicted molar refractivity (Wildman–Crippen MR) is 108 cm³/mol. The zero-order valence-corrected chi connectivity index (χ0v) is 16.4. The fourth-order valence-electron chi connectivity index (χ4n) is 4.90. The fraction of sp³-hybridized carbons (Fsp3) is 0.500. The minimum absolute atomic E-state index is 0.346. The minimum atomic E-state index is 0.346. The van der Waals surface area contributed by atoms with Crippen LogP contribution in [-0.2, 0) is 19.3 Å². The maximum Gasteiger partial charge on any atom is 0.119 e. The summed E-state index contributed by atoms with van der Waals surface area (Å²) in [5.74, 6) is 2.05. The van der Waals surface area contributed by atoms with Crippen molar-refractivity contribution in [3.05, 3.63) is 58.1 Å². The van der Waals surface area contributed by atoms with Crippen LogP contribution >= 0.6 is 0 Å². The van der Waals surface area contributed by atoms with Gasteiger partial charge in [-0.15, -0.1) is 0 Å². The molecule has 0 unspecified atom stereocenters. The highest BCUT2D eigenvalue weighted by atomic mass is 16.3. The molecule has 1 saturated carbocycles. The molecule has 2 aromatic rings. The second-order valence-corrected chi connectivity index (χ2v) is 7.63. The monoisotopic (exact) mass is 352 g/mol. The Morgan fingerprint density at radius 1 is 0.769 bits per heavy atom. The van der Waals surface area contributed by atoms with E-state index in [1.54, 1.807) is 12.1 Å². The van der Waals surface area contributed by atoms with Crippen molar-refractivity contribution >= 4 is 0 Å². The summed E-state index contributed by atoms with van der Waals surface area (Å²) in [7, 11) is 0. The Morgan fingerprint density at radius 2 is 1.35 bits per heavy atom. The van der Waals surface area contributed by atoms with Gasteiger partial charge in [0, 0.05) is 0 Å². The molecule has 0 saturated heterocycles. The zero-order chi connectivity index (χ0) is 18.7. The van der Waals surface area contributed by atoms with Crippen LogP contribution in [0.2, 0.25) is 0 Å². The summed E-state index contributed by atoms with van der Waals surface area (Å²) in [5.41, 5.74) is 6.78. The molecule has 0 radical (unpaired) electrons. The van der Waals surface area contributed by atoms with Crippen molar-refractivity contribution < 1.29 is 10.2 Å². The normalized spacial score (nSPS) is 20.3. The Labute approximate surface area is 157 Å². The number of benzene rings is 2. The van der Waals surface area contributed by atoms with E-state index in [1.165, 1.54) is 47.9 Å². The van der Waals surface area contributed by atoms with E-state index in [4.69, 9.17) is 0 Å². The number of hydrogen-bond acceptors (Lipinski definition) is 2. The standard InChI is InChI=1S/C24H32O2/c1-4-16-15-23(26)21(5-2)22(6-3)24(16)19-9-7-17(8-10-19)18-11-13-20(25)14-12-18/h11-15,17,19,25-26H,4-10H2,1-3H3. The van der Waals surface area contributed by atoms with Gasteiger partial charge in [-0.25, -0.2) is 0 Å². The van der Waals surface area contributed by atoms with Crippen molar-refractivity contribution in [2.24, 2.45) is 0 Å². The van der Waals surface area contributed by atoms with E-state index in [9.17, 15) is 10.2 Å². The maximum atomic E-state index is 10.4. The Kier molecular flexibility index (Phi) is 5.90. The van der Waals surface area contributed by atoms with Gasteiger partial charge in [-0.05, 0) is 103 Å². The maximum absolute atomic E-state index is 10.4. The van der Waals surface area contributed by atoms with Gasteiger partial charge in [0.2, 0.25) is 0 Å². The van der Waals surface area contributed by atoms with Gasteiger partial charge in [-0.3, -0.25) is 0 Å². The summed E-state index contributed by atoms with van der Waals surface area (Å²) in [6, 6.07) is 9.79. The molecule has 0 heterocycles. The average Bonchev–Trinajstić information content (AvgIpc) is 2.67. The molecule has 1 aliphatic carbocycles. The van der Waals surface area contributed by atoms with E-state index in [2.05, 4.69) is 32.9 Å². The molecule has 0 spiro atoms. The summed E-state index contributed by atoms with van der Waals surface area (Å²) in [4.78, 5) is 0. The Hall–Kier alpha value is -1.96. The molecule has 1 aliphatic rings. The lowest BCUT2D eigenvalue weighted by atomic mass is 9.72. The molecule has 1 fully saturated rings. The van der Waals surface area contributed by atoms with Gasteiger partial charge >= 0.3 is 0 Å². The van der Waals surface area contributed by atoms with Crippen molar-refractivity contribution in [1.82, 2.24) is 0 Å². The first-order valence-corrected chi connectivity index (χ1v) is 10.2. The van der Waals surface area contributed by atoms with Crippen LogP contribution in [0.5, 0.6) is 11.5 Å². The smallest absolute Gasteiger partial charge is 0.119 e. The first-order chi connectivity index (χ1) is 12.6. The van der Waals surface area contributed by atoms with Crippen LogP contribution < -0.4 is 0 Å². The number of rotatable bonds is 5. The van der Waals surface area contributed by atoms with Crippen LogP contribution in [0.15, 0.2) is 30.3 Å². The van der Waals surface area contributed by atoms with Gasteiger partial charge in [-0.1, -0.05) is 32.9 Å². The van der Waals surface area contributed by atoms with Crippen LogP contribution in [0.3, 0.4) is 0 Å². The second kappa shape index (κ2) is 8.16. The molecule has 0 aliphatic heterocycles. The lowest BCUT2D eigenvalue weighted by molar-refractivity contribution is 0.392. The van der Waals surface area contributed by atoms with Gasteiger partial charge in [0.1, 0.15) is 11.5 Å². The van der Waals surface area contributed by atoms with Crippen molar-refractivity contribution in [2.75, 3.05) is 0 Å². The molecule has 3 rings (SSSR count). The molecule has 26 heavy (non-hydrogen) atoms. The highest BCUT2D eigenvalue weighted by Gasteiger charge is 2.27. The van der Waals surface area contributed by atoms with Gasteiger partial charge in [-0.2, -0.15) is 0 Å². The molecule has 0 amide bonds. The molecule has 0 aromatic heterocycles. The molecular weight excluding hydrogens is 320 g/mol. The number of hydrogen-bond donors (Lipinski definition) is 2. The van der Waals surface area contributed by atoms with Crippen molar-refractivity contribution in [3.8, 4) is 11.5 Å². The lowest BCUT2D eigenvalue weighted by Crippen LogP contribution is -2.16. The molecule has 2 heteroatoms. The minimum Gasteiger partial charge on any atom is -0.508 e. The van der Waals surface area contributed by atoms with E-state index in [0.29, 0.717) is 23.3 Å². The van der Waals surface area contributed by atoms with Crippen LogP contribution in [-0.4, -0.2) is 10.2 Å². The highest BCUT2D eigenvalue weighted by molar-refractivity contribution is 5.51. The first-order valence-electron chi connectivity index (χ1n) is 10.2. The molecule has 2 nitrogen and oxygen atoms in total. The molecule has 0 bridgehead atoms. The summed E-state index contributed by atoms with van der Waals surface area (Å²) in [6.45, 7) is 6.57. The summed E-state index contributed by atoms with van der Waals surface area (Å²) >= 11 is 0. The number of aromatic hydroxyl groups is 2. The predicted octanol–water partition coefficient (Wildman–Crippen LogP) is 6.23. The number of phenols is 2. The quantitative estimate of drug-likeness (QED) is 0.670. The summed E-state index contributed by atoms with van der Waals surface area (Å²) < 4.78 is 0. The SMILES string of the molecule is CCc1cc(O)c(CC)c(CC)c1C1CCC(c2ccc(O)cc2)CC1. The van der Waals surface area contributed by atoms with E-state index < -0.39 is 0 Å². The van der Waals surface area contributed by atoms with Gasteiger partial charge in [0.05, 0.1) is 0 Å². The fourth-order valence-corrected chi connectivity index (χ4v) is 4.90. The van der Waals surface area contributed by atoms with Crippen molar-refractivity contribution in [3.63, 3.8) is 0 Å². The second-order valence-electron chi connectivity index (χ2n) is 7.63. The molecule has 140 valence electrons. The van der Waals surface area contributed by atoms with E-state index in [0.717, 1.165) is 24.8 Å². The van der Waals surface area contributed by atoms with E-state index >= 15 is 0 Å². The molecule has 2 N–H and O–H groups in total.